The molecule has 1 fully saturated rings. The standard InChI is InChI=1S/C17H22N2O3S/c1-12-9-14-7-4-8-16(17(14)18-10-12)23(21,22)19-11-15(20)13-5-2-3-6-13/h4,7-10,13,15,19-20H,2-3,5-6,11H2,1H3. The van der Waals surface area contributed by atoms with Crippen LogP contribution in [0.1, 0.15) is 31.2 Å². The predicted molar refractivity (Wildman–Crippen MR) is 89.6 cm³/mol. The Morgan fingerprint density at radius 3 is 2.83 bits per heavy atom. The first-order valence-corrected chi connectivity index (χ1v) is 9.49. The van der Waals surface area contributed by atoms with Crippen LogP contribution in [0.2, 0.25) is 0 Å². The molecule has 1 aromatic carbocycles. The molecular weight excluding hydrogens is 312 g/mol. The van der Waals surface area contributed by atoms with Gasteiger partial charge in [-0.25, -0.2) is 13.1 Å². The zero-order valence-corrected chi connectivity index (χ0v) is 14.0. The lowest BCUT2D eigenvalue weighted by Gasteiger charge is -2.18. The summed E-state index contributed by atoms with van der Waals surface area (Å²) in [6, 6.07) is 7.02. The average Bonchev–Trinajstić information content (AvgIpc) is 3.06. The molecule has 1 heterocycles. The SMILES string of the molecule is Cc1cnc2c(S(=O)(=O)NCC(O)C3CCCC3)cccc2c1. The maximum absolute atomic E-state index is 12.6. The third-order valence-corrected chi connectivity index (χ3v) is 5.98. The fourth-order valence-corrected chi connectivity index (χ4v) is 4.47. The Balaban J connectivity index is 1.82. The topological polar surface area (TPSA) is 79.3 Å². The Labute approximate surface area is 136 Å². The number of fused-ring (bicyclic) bond motifs is 1. The summed E-state index contributed by atoms with van der Waals surface area (Å²) in [6.07, 6.45) is 5.20. The van der Waals surface area contributed by atoms with Gasteiger partial charge in [-0.15, -0.1) is 0 Å². The van der Waals surface area contributed by atoms with E-state index in [4.69, 9.17) is 0 Å². The quantitative estimate of drug-likeness (QED) is 0.880. The molecule has 0 saturated heterocycles. The molecule has 2 N–H and O–H groups in total. The van der Waals surface area contributed by atoms with Crippen LogP contribution in [0, 0.1) is 12.8 Å². The second kappa shape index (κ2) is 6.55. The van der Waals surface area contributed by atoms with E-state index in [2.05, 4.69) is 9.71 Å². The minimum absolute atomic E-state index is 0.0508. The predicted octanol–water partition coefficient (Wildman–Crippen LogP) is 2.37. The van der Waals surface area contributed by atoms with Crippen LogP contribution in [0.3, 0.4) is 0 Å². The molecule has 1 aliphatic carbocycles. The normalized spacial score (nSPS) is 17.7. The van der Waals surface area contributed by atoms with Gasteiger partial charge in [-0.1, -0.05) is 25.0 Å². The molecule has 0 bridgehead atoms. The molecular formula is C17H22N2O3S. The van der Waals surface area contributed by atoms with E-state index in [0.29, 0.717) is 5.52 Å². The zero-order valence-electron chi connectivity index (χ0n) is 13.2. The van der Waals surface area contributed by atoms with Gasteiger partial charge < -0.3 is 5.11 Å². The number of para-hydroxylation sites is 1. The first kappa shape index (κ1) is 16.4. The first-order chi connectivity index (χ1) is 11.0. The number of rotatable bonds is 5. The zero-order chi connectivity index (χ0) is 16.4. The minimum atomic E-state index is -3.70. The second-order valence-electron chi connectivity index (χ2n) is 6.30. The van der Waals surface area contributed by atoms with Crippen molar-refractivity contribution in [1.82, 2.24) is 9.71 Å². The summed E-state index contributed by atoms with van der Waals surface area (Å²) in [6.45, 7) is 1.97. The largest absolute Gasteiger partial charge is 0.391 e. The van der Waals surface area contributed by atoms with Gasteiger partial charge in [0.05, 0.1) is 11.6 Å². The van der Waals surface area contributed by atoms with Gasteiger partial charge in [-0.05, 0) is 43.4 Å². The molecule has 1 atom stereocenters. The van der Waals surface area contributed by atoms with Crippen molar-refractivity contribution in [2.24, 2.45) is 5.92 Å². The van der Waals surface area contributed by atoms with E-state index in [1.807, 2.05) is 19.1 Å². The van der Waals surface area contributed by atoms with E-state index >= 15 is 0 Å². The van der Waals surface area contributed by atoms with Gasteiger partial charge in [0.15, 0.2) is 0 Å². The Morgan fingerprint density at radius 2 is 2.09 bits per heavy atom. The van der Waals surface area contributed by atoms with Crippen molar-refractivity contribution >= 4 is 20.9 Å². The summed E-state index contributed by atoms with van der Waals surface area (Å²) < 4.78 is 27.7. The first-order valence-electron chi connectivity index (χ1n) is 8.00. The van der Waals surface area contributed by atoms with Crippen molar-refractivity contribution in [3.8, 4) is 0 Å². The molecule has 1 aliphatic rings. The summed E-state index contributed by atoms with van der Waals surface area (Å²) >= 11 is 0. The van der Waals surface area contributed by atoms with Crippen LogP contribution < -0.4 is 4.72 Å². The van der Waals surface area contributed by atoms with E-state index in [0.717, 1.165) is 36.6 Å². The summed E-state index contributed by atoms with van der Waals surface area (Å²) in [5.74, 6) is 0.200. The van der Waals surface area contributed by atoms with E-state index in [9.17, 15) is 13.5 Å². The number of nitrogens with one attached hydrogen (secondary N) is 1. The molecule has 2 aromatic rings. The summed E-state index contributed by atoms with van der Waals surface area (Å²) in [4.78, 5) is 4.43. The molecule has 23 heavy (non-hydrogen) atoms. The maximum Gasteiger partial charge on any atom is 0.242 e. The van der Waals surface area contributed by atoms with Gasteiger partial charge in [-0.2, -0.15) is 0 Å². The molecule has 0 aliphatic heterocycles. The van der Waals surface area contributed by atoms with Crippen LogP contribution in [-0.2, 0) is 10.0 Å². The van der Waals surface area contributed by atoms with Crippen LogP contribution in [0.4, 0.5) is 0 Å². The number of nitrogens with zero attached hydrogens (tertiary/aromatic N) is 1. The number of sulfonamides is 1. The Kier molecular flexibility index (Phi) is 4.66. The summed E-state index contributed by atoms with van der Waals surface area (Å²) in [5.41, 5.74) is 1.44. The van der Waals surface area contributed by atoms with Gasteiger partial charge in [0.1, 0.15) is 4.90 Å². The monoisotopic (exact) mass is 334 g/mol. The Morgan fingerprint density at radius 1 is 1.35 bits per heavy atom. The Bertz CT molecular complexity index is 799. The number of pyridine rings is 1. The Hall–Kier alpha value is -1.50. The van der Waals surface area contributed by atoms with E-state index in [-0.39, 0.29) is 17.4 Å². The highest BCUT2D eigenvalue weighted by molar-refractivity contribution is 7.89. The van der Waals surface area contributed by atoms with E-state index < -0.39 is 16.1 Å². The van der Waals surface area contributed by atoms with Crippen LogP contribution in [-0.4, -0.2) is 31.2 Å². The summed E-state index contributed by atoms with van der Waals surface area (Å²) in [5, 5.41) is 11.0. The number of aliphatic hydroxyl groups is 1. The van der Waals surface area contributed by atoms with Crippen molar-refractivity contribution in [2.75, 3.05) is 6.54 Å². The molecule has 1 aromatic heterocycles. The average molecular weight is 334 g/mol. The molecule has 1 saturated carbocycles. The summed E-state index contributed by atoms with van der Waals surface area (Å²) in [7, 11) is -3.70. The molecule has 0 amide bonds. The molecule has 5 nitrogen and oxygen atoms in total. The maximum atomic E-state index is 12.6. The van der Waals surface area contributed by atoms with Gasteiger partial charge in [0.25, 0.3) is 0 Å². The van der Waals surface area contributed by atoms with Crippen LogP contribution in [0.15, 0.2) is 35.4 Å². The van der Waals surface area contributed by atoms with Crippen LogP contribution in [0.5, 0.6) is 0 Å². The molecule has 0 radical (unpaired) electrons. The van der Waals surface area contributed by atoms with Gasteiger partial charge in [0.2, 0.25) is 10.0 Å². The van der Waals surface area contributed by atoms with Crippen molar-refractivity contribution in [3.05, 3.63) is 36.0 Å². The number of hydrogen-bond acceptors (Lipinski definition) is 4. The molecule has 1 unspecified atom stereocenters. The van der Waals surface area contributed by atoms with Crippen LogP contribution in [0.25, 0.3) is 10.9 Å². The van der Waals surface area contributed by atoms with Crippen LogP contribution >= 0.6 is 0 Å². The van der Waals surface area contributed by atoms with Crippen molar-refractivity contribution < 1.29 is 13.5 Å². The number of benzene rings is 1. The lowest BCUT2D eigenvalue weighted by atomic mass is 10.0. The van der Waals surface area contributed by atoms with Gasteiger partial charge in [-0.3, -0.25) is 4.98 Å². The molecule has 124 valence electrons. The van der Waals surface area contributed by atoms with E-state index in [1.165, 1.54) is 0 Å². The highest BCUT2D eigenvalue weighted by Crippen LogP contribution is 2.28. The van der Waals surface area contributed by atoms with Crippen molar-refractivity contribution in [3.63, 3.8) is 0 Å². The third kappa shape index (κ3) is 3.54. The fourth-order valence-electron chi connectivity index (χ4n) is 3.24. The van der Waals surface area contributed by atoms with Crippen molar-refractivity contribution in [2.45, 2.75) is 43.6 Å². The minimum Gasteiger partial charge on any atom is -0.391 e. The molecule has 0 spiro atoms. The number of aliphatic hydroxyl groups excluding tert-OH is 1. The second-order valence-corrected chi connectivity index (χ2v) is 8.04. The lowest BCUT2D eigenvalue weighted by Crippen LogP contribution is -2.35. The highest BCUT2D eigenvalue weighted by Gasteiger charge is 2.25. The third-order valence-electron chi connectivity index (χ3n) is 4.53. The number of hydrogen-bond donors (Lipinski definition) is 2. The smallest absolute Gasteiger partial charge is 0.242 e. The number of aromatic nitrogens is 1. The van der Waals surface area contributed by atoms with E-state index in [1.54, 1.807) is 18.3 Å². The fraction of sp³-hybridized carbons (Fsp3) is 0.471. The van der Waals surface area contributed by atoms with Gasteiger partial charge in [0, 0.05) is 18.1 Å². The van der Waals surface area contributed by atoms with Crippen molar-refractivity contribution in [1.29, 1.82) is 0 Å². The number of aryl methyl sites for hydroxylation is 1. The molecule has 3 rings (SSSR count). The lowest BCUT2D eigenvalue weighted by molar-refractivity contribution is 0.115. The molecule has 6 heteroatoms. The highest BCUT2D eigenvalue weighted by atomic mass is 32.2. The van der Waals surface area contributed by atoms with Gasteiger partial charge >= 0.3 is 0 Å².